The van der Waals surface area contributed by atoms with Crippen molar-refractivity contribution in [1.29, 1.82) is 0 Å². The van der Waals surface area contributed by atoms with Gasteiger partial charge in [0.15, 0.2) is 0 Å². The van der Waals surface area contributed by atoms with Gasteiger partial charge in [-0.2, -0.15) is 0 Å². The number of aliphatic hydroxyl groups is 1. The zero-order chi connectivity index (χ0) is 18.5. The summed E-state index contributed by atoms with van der Waals surface area (Å²) < 4.78 is 10.7. The van der Waals surface area contributed by atoms with E-state index in [2.05, 4.69) is 41.0 Å². The van der Waals surface area contributed by atoms with Crippen molar-refractivity contribution in [3.05, 3.63) is 53.6 Å². The zero-order valence-electron chi connectivity index (χ0n) is 15.8. The molecular formula is C21H28N2O3. The summed E-state index contributed by atoms with van der Waals surface area (Å²) in [4.78, 5) is 4.70. The Morgan fingerprint density at radius 1 is 0.962 bits per heavy atom. The molecule has 0 amide bonds. The van der Waals surface area contributed by atoms with Crippen molar-refractivity contribution in [2.45, 2.75) is 13.0 Å². The number of aliphatic hydroxyl groups excluding tert-OH is 1. The number of methoxy groups -OCH3 is 2. The lowest BCUT2D eigenvalue weighted by Crippen LogP contribution is -2.47. The lowest BCUT2D eigenvalue weighted by Gasteiger charge is -2.37. The first-order chi connectivity index (χ1) is 12.6. The predicted octanol–water partition coefficient (Wildman–Crippen LogP) is 2.87. The third-order valence-electron chi connectivity index (χ3n) is 5.00. The van der Waals surface area contributed by atoms with Crippen LogP contribution in [-0.4, -0.2) is 56.9 Å². The van der Waals surface area contributed by atoms with Crippen LogP contribution in [0.3, 0.4) is 0 Å². The number of rotatable bonds is 6. The van der Waals surface area contributed by atoms with Crippen LogP contribution >= 0.6 is 0 Å². The van der Waals surface area contributed by atoms with E-state index in [1.807, 2.05) is 18.2 Å². The van der Waals surface area contributed by atoms with Gasteiger partial charge in [0, 0.05) is 44.0 Å². The molecule has 26 heavy (non-hydrogen) atoms. The predicted molar refractivity (Wildman–Crippen MR) is 104 cm³/mol. The number of hydrogen-bond acceptors (Lipinski definition) is 5. The summed E-state index contributed by atoms with van der Waals surface area (Å²) in [6, 6.07) is 14.2. The monoisotopic (exact) mass is 356 g/mol. The number of β-amino-alcohol motifs (C(OH)–C–C–N with tert-alkyl or cyclic N) is 1. The topological polar surface area (TPSA) is 45.2 Å². The van der Waals surface area contributed by atoms with Gasteiger partial charge >= 0.3 is 0 Å². The molecule has 0 unspecified atom stereocenters. The van der Waals surface area contributed by atoms with E-state index in [0.717, 1.165) is 37.5 Å². The van der Waals surface area contributed by atoms with Gasteiger partial charge in [0.2, 0.25) is 0 Å². The van der Waals surface area contributed by atoms with E-state index in [1.165, 1.54) is 11.3 Å². The van der Waals surface area contributed by atoms with Crippen molar-refractivity contribution < 1.29 is 14.6 Å². The first kappa shape index (κ1) is 18.5. The van der Waals surface area contributed by atoms with E-state index < -0.39 is 6.10 Å². The molecule has 0 saturated carbocycles. The average Bonchev–Trinajstić information content (AvgIpc) is 2.68. The van der Waals surface area contributed by atoms with Crippen LogP contribution in [0.2, 0.25) is 0 Å². The van der Waals surface area contributed by atoms with Gasteiger partial charge in [-0.1, -0.05) is 17.7 Å². The third-order valence-corrected chi connectivity index (χ3v) is 5.00. The first-order valence-electron chi connectivity index (χ1n) is 9.04. The molecule has 0 radical (unpaired) electrons. The van der Waals surface area contributed by atoms with E-state index in [4.69, 9.17) is 9.47 Å². The van der Waals surface area contributed by atoms with E-state index in [0.29, 0.717) is 12.3 Å². The van der Waals surface area contributed by atoms with Gasteiger partial charge in [-0.15, -0.1) is 0 Å². The Labute approximate surface area is 155 Å². The van der Waals surface area contributed by atoms with Gasteiger partial charge in [-0.05, 0) is 37.3 Å². The fourth-order valence-electron chi connectivity index (χ4n) is 3.39. The molecule has 1 atom stereocenters. The Morgan fingerprint density at radius 3 is 2.27 bits per heavy atom. The minimum Gasteiger partial charge on any atom is -0.497 e. The number of anilines is 1. The van der Waals surface area contributed by atoms with E-state index in [-0.39, 0.29) is 0 Å². The molecular weight excluding hydrogens is 328 g/mol. The van der Waals surface area contributed by atoms with Crippen LogP contribution < -0.4 is 14.4 Å². The highest BCUT2D eigenvalue weighted by atomic mass is 16.5. The van der Waals surface area contributed by atoms with E-state index in [1.54, 1.807) is 14.2 Å². The van der Waals surface area contributed by atoms with Gasteiger partial charge in [0.05, 0.1) is 20.3 Å². The van der Waals surface area contributed by atoms with Crippen LogP contribution in [0.5, 0.6) is 11.5 Å². The van der Waals surface area contributed by atoms with Crippen LogP contribution in [0.1, 0.15) is 17.2 Å². The summed E-state index contributed by atoms with van der Waals surface area (Å²) >= 11 is 0. The number of benzene rings is 2. The maximum Gasteiger partial charge on any atom is 0.124 e. The highest BCUT2D eigenvalue weighted by molar-refractivity contribution is 5.48. The fraction of sp³-hybridized carbons (Fsp3) is 0.429. The highest BCUT2D eigenvalue weighted by Crippen LogP contribution is 2.30. The summed E-state index contributed by atoms with van der Waals surface area (Å²) in [5.41, 5.74) is 3.32. The maximum absolute atomic E-state index is 10.7. The van der Waals surface area contributed by atoms with Crippen LogP contribution in [0.25, 0.3) is 0 Å². The van der Waals surface area contributed by atoms with E-state index in [9.17, 15) is 5.11 Å². The molecule has 1 aliphatic rings. The normalized spacial score (nSPS) is 16.4. The molecule has 1 fully saturated rings. The van der Waals surface area contributed by atoms with Crippen LogP contribution in [0.15, 0.2) is 42.5 Å². The third kappa shape index (κ3) is 4.29. The summed E-state index contributed by atoms with van der Waals surface area (Å²) in [6.07, 6.45) is -0.606. The molecule has 1 N–H and O–H groups in total. The average molecular weight is 356 g/mol. The number of nitrogens with zero attached hydrogens (tertiary/aromatic N) is 2. The smallest absolute Gasteiger partial charge is 0.124 e. The summed E-state index contributed by atoms with van der Waals surface area (Å²) in [5.74, 6) is 1.42. The number of piperazine rings is 1. The Hall–Kier alpha value is -2.24. The molecule has 1 saturated heterocycles. The van der Waals surface area contributed by atoms with Gasteiger partial charge in [0.1, 0.15) is 11.5 Å². The Bertz CT molecular complexity index is 710. The molecule has 2 aromatic carbocycles. The second kappa shape index (κ2) is 8.43. The molecule has 2 aromatic rings. The molecule has 0 aliphatic carbocycles. The van der Waals surface area contributed by atoms with Crippen LogP contribution in [-0.2, 0) is 0 Å². The summed E-state index contributed by atoms with van der Waals surface area (Å²) in [5, 5.41) is 10.7. The lowest BCUT2D eigenvalue weighted by molar-refractivity contribution is 0.107. The molecule has 0 aromatic heterocycles. The van der Waals surface area contributed by atoms with Crippen molar-refractivity contribution in [2.75, 3.05) is 51.8 Å². The van der Waals surface area contributed by atoms with E-state index >= 15 is 0 Å². The van der Waals surface area contributed by atoms with Crippen molar-refractivity contribution in [3.63, 3.8) is 0 Å². The molecule has 0 bridgehead atoms. The van der Waals surface area contributed by atoms with Crippen LogP contribution in [0, 0.1) is 6.92 Å². The SMILES string of the molecule is COc1ccc(OC)c([C@H](O)CN2CCN(c3ccc(C)cc3)CC2)c1. The number of aryl methyl sites for hydroxylation is 1. The van der Waals surface area contributed by atoms with Gasteiger partial charge < -0.3 is 19.5 Å². The quantitative estimate of drug-likeness (QED) is 0.862. The van der Waals surface area contributed by atoms with Crippen molar-refractivity contribution >= 4 is 5.69 Å². The molecule has 5 nitrogen and oxygen atoms in total. The number of ether oxygens (including phenoxy) is 2. The molecule has 1 heterocycles. The first-order valence-corrected chi connectivity index (χ1v) is 9.04. The minimum atomic E-state index is -0.606. The molecule has 0 spiro atoms. The summed E-state index contributed by atoms with van der Waals surface area (Å²) in [7, 11) is 3.25. The highest BCUT2D eigenvalue weighted by Gasteiger charge is 2.22. The van der Waals surface area contributed by atoms with Crippen LogP contribution in [0.4, 0.5) is 5.69 Å². The number of hydrogen-bond donors (Lipinski definition) is 1. The summed E-state index contributed by atoms with van der Waals surface area (Å²) in [6.45, 7) is 6.48. The fourth-order valence-corrected chi connectivity index (χ4v) is 3.39. The minimum absolute atomic E-state index is 0.589. The standard InChI is InChI=1S/C21H28N2O3/c1-16-4-6-17(7-5-16)23-12-10-22(11-13-23)15-20(24)19-14-18(25-2)8-9-21(19)26-3/h4-9,14,20,24H,10-13,15H2,1-3H3/t20-/m1/s1. The molecule has 3 rings (SSSR count). The Balaban J connectivity index is 1.60. The van der Waals surface area contributed by atoms with Gasteiger partial charge in [-0.3, -0.25) is 4.90 Å². The second-order valence-corrected chi connectivity index (χ2v) is 6.75. The van der Waals surface area contributed by atoms with Crippen molar-refractivity contribution in [3.8, 4) is 11.5 Å². The van der Waals surface area contributed by atoms with Gasteiger partial charge in [0.25, 0.3) is 0 Å². The maximum atomic E-state index is 10.7. The Kier molecular flexibility index (Phi) is 6.01. The molecule has 140 valence electrons. The van der Waals surface area contributed by atoms with Crippen molar-refractivity contribution in [1.82, 2.24) is 4.90 Å². The second-order valence-electron chi connectivity index (χ2n) is 6.75. The molecule has 1 aliphatic heterocycles. The largest absolute Gasteiger partial charge is 0.497 e. The zero-order valence-corrected chi connectivity index (χ0v) is 15.8. The Morgan fingerprint density at radius 2 is 1.65 bits per heavy atom. The van der Waals surface area contributed by atoms with Gasteiger partial charge in [-0.25, -0.2) is 0 Å². The lowest BCUT2D eigenvalue weighted by atomic mass is 10.1. The van der Waals surface area contributed by atoms with Crippen molar-refractivity contribution in [2.24, 2.45) is 0 Å². The molecule has 5 heteroatoms.